The number of ether oxygens (including phenoxy) is 1. The van der Waals surface area contributed by atoms with Crippen molar-refractivity contribution in [2.45, 2.75) is 11.8 Å². The average Bonchev–Trinajstić information content (AvgIpc) is 2.94. The summed E-state index contributed by atoms with van der Waals surface area (Å²) in [6.07, 6.45) is 1.65. The van der Waals surface area contributed by atoms with Crippen molar-refractivity contribution in [2.75, 3.05) is 45.3 Å². The van der Waals surface area contributed by atoms with E-state index in [1.807, 2.05) is 109 Å². The third kappa shape index (κ3) is 5.34. The summed E-state index contributed by atoms with van der Waals surface area (Å²) in [4.78, 5) is 31.5. The second-order valence-corrected chi connectivity index (χ2v) is 10.1. The first kappa shape index (κ1) is 25.7. The van der Waals surface area contributed by atoms with Crippen LogP contribution in [0.2, 0.25) is 0 Å². The molecule has 1 saturated carbocycles. The number of carbonyl (C=O) groups is 2. The lowest BCUT2D eigenvalue weighted by Crippen LogP contribution is -2.57. The van der Waals surface area contributed by atoms with Gasteiger partial charge < -0.3 is 14.5 Å². The Morgan fingerprint density at radius 1 is 0.842 bits per heavy atom. The van der Waals surface area contributed by atoms with Crippen LogP contribution < -0.4 is 10.3 Å². The molecule has 0 spiro atoms. The van der Waals surface area contributed by atoms with Crippen LogP contribution in [0.4, 0.5) is 5.69 Å². The van der Waals surface area contributed by atoms with Crippen molar-refractivity contribution in [1.82, 2.24) is 10.3 Å². The van der Waals surface area contributed by atoms with Crippen LogP contribution >= 0.6 is 0 Å². The van der Waals surface area contributed by atoms with Crippen LogP contribution in [-0.2, 0) is 14.3 Å². The maximum absolute atomic E-state index is 13.9. The summed E-state index contributed by atoms with van der Waals surface area (Å²) in [7, 11) is 3.98. The number of hydrazone groups is 1. The van der Waals surface area contributed by atoms with Crippen molar-refractivity contribution >= 4 is 23.7 Å². The molecular weight excluding hydrogens is 476 g/mol. The van der Waals surface area contributed by atoms with Crippen LogP contribution in [0.25, 0.3) is 0 Å². The van der Waals surface area contributed by atoms with Crippen molar-refractivity contribution in [3.63, 3.8) is 0 Å². The molecule has 2 unspecified atom stereocenters. The molecule has 3 aromatic carbocycles. The van der Waals surface area contributed by atoms with E-state index in [1.54, 1.807) is 6.21 Å². The molecule has 0 radical (unpaired) electrons. The molecule has 1 saturated heterocycles. The zero-order chi connectivity index (χ0) is 26.5. The number of hydrogen-bond donors (Lipinski definition) is 1. The summed E-state index contributed by atoms with van der Waals surface area (Å²) in [6.45, 7) is 2.23. The Bertz CT molecular complexity index is 1210. The van der Waals surface area contributed by atoms with Gasteiger partial charge in [-0.15, -0.1) is 0 Å². The summed E-state index contributed by atoms with van der Waals surface area (Å²) in [5.74, 6) is -1.35. The van der Waals surface area contributed by atoms with Crippen LogP contribution in [0, 0.1) is 11.8 Å². The SMILES string of the molecule is CN(C)c1ccc(/C=N/NC(=O)C2C(c3ccccc3)C(C(=O)N3CCOCC3)C2c2ccccc2)cc1. The molecule has 2 amide bonds. The van der Waals surface area contributed by atoms with Crippen molar-refractivity contribution in [1.29, 1.82) is 0 Å². The van der Waals surface area contributed by atoms with E-state index < -0.39 is 5.92 Å². The molecule has 7 nitrogen and oxygen atoms in total. The number of carbonyl (C=O) groups excluding carboxylic acids is 2. The topological polar surface area (TPSA) is 74.2 Å². The highest BCUT2D eigenvalue weighted by molar-refractivity contribution is 5.91. The molecule has 3 aromatic rings. The number of morpholine rings is 1. The van der Waals surface area contributed by atoms with Crippen LogP contribution in [0.5, 0.6) is 0 Å². The van der Waals surface area contributed by atoms with Gasteiger partial charge in [0.2, 0.25) is 11.8 Å². The fourth-order valence-corrected chi connectivity index (χ4v) is 5.66. The molecule has 2 aliphatic rings. The number of benzene rings is 3. The van der Waals surface area contributed by atoms with Gasteiger partial charge >= 0.3 is 0 Å². The minimum absolute atomic E-state index is 0.0875. The predicted molar refractivity (Wildman–Crippen MR) is 149 cm³/mol. The fourth-order valence-electron chi connectivity index (χ4n) is 5.66. The molecule has 7 heteroatoms. The highest BCUT2D eigenvalue weighted by Crippen LogP contribution is 2.58. The summed E-state index contributed by atoms with van der Waals surface area (Å²) in [5, 5.41) is 4.28. The van der Waals surface area contributed by atoms with Gasteiger partial charge in [0.1, 0.15) is 0 Å². The Balaban J connectivity index is 1.43. The maximum atomic E-state index is 13.9. The molecule has 1 aliphatic heterocycles. The van der Waals surface area contributed by atoms with Gasteiger partial charge in [0.15, 0.2) is 0 Å². The lowest BCUT2D eigenvalue weighted by atomic mass is 9.51. The van der Waals surface area contributed by atoms with Gasteiger partial charge in [-0.1, -0.05) is 72.8 Å². The first-order chi connectivity index (χ1) is 18.5. The number of rotatable bonds is 7. The van der Waals surface area contributed by atoms with E-state index >= 15 is 0 Å². The van der Waals surface area contributed by atoms with Crippen molar-refractivity contribution in [3.8, 4) is 0 Å². The minimum atomic E-state index is -0.428. The summed E-state index contributed by atoms with van der Waals surface area (Å²) < 4.78 is 5.49. The maximum Gasteiger partial charge on any atom is 0.244 e. The van der Waals surface area contributed by atoms with Gasteiger partial charge in [-0.2, -0.15) is 5.10 Å². The number of nitrogens with one attached hydrogen (secondary N) is 1. The minimum Gasteiger partial charge on any atom is -0.378 e. The Morgan fingerprint density at radius 2 is 1.39 bits per heavy atom. The van der Waals surface area contributed by atoms with E-state index in [9.17, 15) is 9.59 Å². The first-order valence-electron chi connectivity index (χ1n) is 13.1. The normalized spacial score (nSPS) is 23.1. The van der Waals surface area contributed by atoms with Crippen LogP contribution in [0.3, 0.4) is 0 Å². The Hall–Kier alpha value is -3.97. The third-order valence-corrected chi connectivity index (χ3v) is 7.63. The zero-order valence-electron chi connectivity index (χ0n) is 21.9. The Labute approximate surface area is 224 Å². The average molecular weight is 511 g/mol. The summed E-state index contributed by atoms with van der Waals surface area (Å²) >= 11 is 0. The van der Waals surface area contributed by atoms with Crippen molar-refractivity contribution in [3.05, 3.63) is 102 Å². The number of anilines is 1. The standard InChI is InChI=1S/C31H34N4O3/c1-34(2)25-15-13-22(14-16-25)21-32-33-30(36)28-26(23-9-5-3-6-10-23)29(27(28)24-11-7-4-8-12-24)31(37)35-17-19-38-20-18-35/h3-16,21,26-29H,17-20H2,1-2H3,(H,33,36)/b32-21+. The van der Waals surface area contributed by atoms with Crippen molar-refractivity contribution < 1.29 is 14.3 Å². The lowest BCUT2D eigenvalue weighted by molar-refractivity contribution is -0.151. The van der Waals surface area contributed by atoms with Crippen molar-refractivity contribution in [2.24, 2.45) is 16.9 Å². The molecule has 5 rings (SSSR count). The van der Waals surface area contributed by atoms with Gasteiger partial charge in [0.05, 0.1) is 31.3 Å². The first-order valence-corrected chi connectivity index (χ1v) is 13.1. The smallest absolute Gasteiger partial charge is 0.244 e. The van der Waals surface area contributed by atoms with E-state index in [0.29, 0.717) is 26.3 Å². The van der Waals surface area contributed by atoms with Crippen LogP contribution in [0.15, 0.2) is 90.0 Å². The van der Waals surface area contributed by atoms with Gasteiger partial charge in [-0.25, -0.2) is 5.43 Å². The molecule has 2 atom stereocenters. The monoisotopic (exact) mass is 510 g/mol. The number of nitrogens with zero attached hydrogens (tertiary/aromatic N) is 3. The molecule has 0 aromatic heterocycles. The zero-order valence-corrected chi connectivity index (χ0v) is 21.9. The second kappa shape index (κ2) is 11.6. The van der Waals surface area contributed by atoms with E-state index in [0.717, 1.165) is 22.4 Å². The molecule has 38 heavy (non-hydrogen) atoms. The predicted octanol–water partition coefficient (Wildman–Crippen LogP) is 3.88. The lowest BCUT2D eigenvalue weighted by Gasteiger charge is -2.52. The highest BCUT2D eigenvalue weighted by Gasteiger charge is 2.58. The van der Waals surface area contributed by atoms with Gasteiger partial charge in [0.25, 0.3) is 0 Å². The van der Waals surface area contributed by atoms with E-state index in [2.05, 4.69) is 10.5 Å². The third-order valence-electron chi connectivity index (χ3n) is 7.63. The van der Waals surface area contributed by atoms with Gasteiger partial charge in [-0.3, -0.25) is 9.59 Å². The molecule has 0 bridgehead atoms. The fraction of sp³-hybridized carbons (Fsp3) is 0.323. The summed E-state index contributed by atoms with van der Waals surface area (Å²) in [5.41, 5.74) is 6.76. The molecule has 196 valence electrons. The number of hydrogen-bond acceptors (Lipinski definition) is 5. The Morgan fingerprint density at radius 3 is 1.92 bits per heavy atom. The molecule has 1 N–H and O–H groups in total. The Kier molecular flexibility index (Phi) is 7.84. The van der Waals surface area contributed by atoms with Crippen LogP contribution in [-0.4, -0.2) is 63.3 Å². The molecular formula is C31H34N4O3. The second-order valence-electron chi connectivity index (χ2n) is 10.1. The highest BCUT2D eigenvalue weighted by atomic mass is 16.5. The molecule has 1 aliphatic carbocycles. The van der Waals surface area contributed by atoms with E-state index in [-0.39, 0.29) is 29.6 Å². The molecule has 2 fully saturated rings. The summed E-state index contributed by atoms with van der Waals surface area (Å²) in [6, 6.07) is 27.8. The quantitative estimate of drug-likeness (QED) is 0.387. The largest absolute Gasteiger partial charge is 0.378 e. The van der Waals surface area contributed by atoms with Gasteiger partial charge in [-0.05, 0) is 28.8 Å². The van der Waals surface area contributed by atoms with E-state index in [4.69, 9.17) is 4.74 Å². The van der Waals surface area contributed by atoms with Crippen LogP contribution in [0.1, 0.15) is 28.5 Å². The molecule has 1 heterocycles. The van der Waals surface area contributed by atoms with E-state index in [1.165, 1.54) is 0 Å². The van der Waals surface area contributed by atoms with Gasteiger partial charge in [0, 0.05) is 44.7 Å². The number of amides is 2.